The summed E-state index contributed by atoms with van der Waals surface area (Å²) >= 11 is 0. The van der Waals surface area contributed by atoms with Gasteiger partial charge in [0.1, 0.15) is 33.1 Å². The molecule has 3 heterocycles. The molecule has 0 amide bonds. The molecule has 1 aromatic heterocycles. The van der Waals surface area contributed by atoms with E-state index in [4.69, 9.17) is 0 Å². The summed E-state index contributed by atoms with van der Waals surface area (Å²) in [4.78, 5) is 8.42. The highest BCUT2D eigenvalue weighted by Gasteiger charge is 2.20. The van der Waals surface area contributed by atoms with Crippen molar-refractivity contribution in [2.24, 2.45) is 30.9 Å². The van der Waals surface area contributed by atoms with E-state index in [9.17, 15) is 0 Å². The maximum absolute atomic E-state index is 4.21. The number of fused-ring (bicyclic) bond motifs is 6. The normalized spacial score (nSPS) is 14.8. The Kier molecular flexibility index (Phi) is 1.18. The van der Waals surface area contributed by atoms with Gasteiger partial charge >= 0.3 is 0 Å². The van der Waals surface area contributed by atoms with Crippen molar-refractivity contribution < 1.29 is 0 Å². The summed E-state index contributed by atoms with van der Waals surface area (Å²) in [5.41, 5.74) is 2.37. The smallest absolute Gasteiger partial charge is 0.147 e. The topological polar surface area (TPSA) is 99.9 Å². The fourth-order valence-corrected chi connectivity index (χ4v) is 1.74. The van der Waals surface area contributed by atoms with Crippen LogP contribution in [0, 0.1) is 0 Å². The van der Waals surface area contributed by atoms with Gasteiger partial charge in [0, 0.05) is 12.4 Å². The van der Waals surface area contributed by atoms with E-state index < -0.39 is 0 Å². The zero-order chi connectivity index (χ0) is 10.5. The Morgan fingerprint density at radius 1 is 0.688 bits per heavy atom. The number of hydrogen-bond donors (Lipinski definition) is 0. The van der Waals surface area contributed by atoms with E-state index in [1.807, 2.05) is 0 Å². The van der Waals surface area contributed by atoms with Crippen LogP contribution in [0.1, 0.15) is 0 Å². The third-order valence-corrected chi connectivity index (χ3v) is 2.40. The summed E-state index contributed by atoms with van der Waals surface area (Å²) in [7, 11) is 0. The van der Waals surface area contributed by atoms with Gasteiger partial charge in [-0.2, -0.15) is 0 Å². The molecule has 0 fully saturated rings. The van der Waals surface area contributed by atoms with E-state index in [1.165, 1.54) is 0 Å². The second-order valence-electron chi connectivity index (χ2n) is 3.23. The van der Waals surface area contributed by atoms with Crippen molar-refractivity contribution in [2.45, 2.75) is 0 Å². The van der Waals surface area contributed by atoms with Crippen LogP contribution in [0.2, 0.25) is 0 Å². The molecule has 0 aliphatic carbocycles. The lowest BCUT2D eigenvalue weighted by molar-refractivity contribution is 1.07. The molecule has 1 aromatic carbocycles. The molecule has 0 saturated heterocycles. The molecule has 2 aliphatic heterocycles. The molecular weight excluding hydrogens is 208 g/mol. The standard InChI is InChI=1S/C8H2N8/c1-2-10-4-3(9-1)5-7(13-15-11-5)8-6(4)12-16-14-8/h1-2H. The molecular formula is C8H2N8. The highest BCUT2D eigenvalue weighted by molar-refractivity contribution is 5.84. The molecule has 8 nitrogen and oxygen atoms in total. The Labute approximate surface area is 87.2 Å². The van der Waals surface area contributed by atoms with Crippen LogP contribution in [0.5, 0.6) is 0 Å². The Bertz CT molecular complexity index is 734. The molecule has 16 heavy (non-hydrogen) atoms. The lowest BCUT2D eigenvalue weighted by Crippen LogP contribution is -2.13. The first-order valence-corrected chi connectivity index (χ1v) is 4.49. The third kappa shape index (κ3) is 0.749. The van der Waals surface area contributed by atoms with Crippen molar-refractivity contribution in [1.82, 2.24) is 9.97 Å². The molecule has 0 N–H and O–H groups in total. The molecule has 0 saturated carbocycles. The largest absolute Gasteiger partial charge is 0.250 e. The van der Waals surface area contributed by atoms with Crippen LogP contribution in [0.25, 0.3) is 11.0 Å². The predicted molar refractivity (Wildman–Crippen MR) is 50.9 cm³/mol. The summed E-state index contributed by atoms with van der Waals surface area (Å²) in [6.07, 6.45) is 3.18. The first-order chi connectivity index (χ1) is 7.95. The second kappa shape index (κ2) is 2.48. The number of aromatic nitrogens is 2. The van der Waals surface area contributed by atoms with E-state index in [2.05, 4.69) is 40.8 Å². The average molecular weight is 210 g/mol. The first kappa shape index (κ1) is 7.63. The first-order valence-electron chi connectivity index (χ1n) is 4.49. The summed E-state index contributed by atoms with van der Waals surface area (Å²) in [5.74, 6) is 0. The molecule has 0 radical (unpaired) electrons. The van der Waals surface area contributed by atoms with E-state index >= 15 is 0 Å². The van der Waals surface area contributed by atoms with Gasteiger partial charge in [-0.05, 0) is 10.4 Å². The summed E-state index contributed by atoms with van der Waals surface area (Å²) in [6, 6.07) is 0. The maximum atomic E-state index is 4.21. The Morgan fingerprint density at radius 2 is 1.19 bits per heavy atom. The van der Waals surface area contributed by atoms with Crippen LogP contribution in [0.3, 0.4) is 0 Å². The minimum atomic E-state index is 0.563. The van der Waals surface area contributed by atoms with Gasteiger partial charge in [-0.15, -0.1) is 20.4 Å². The third-order valence-electron chi connectivity index (χ3n) is 2.40. The van der Waals surface area contributed by atoms with E-state index in [-0.39, 0.29) is 0 Å². The van der Waals surface area contributed by atoms with Gasteiger partial charge in [0.25, 0.3) is 0 Å². The Balaban J connectivity index is 2.43. The molecule has 0 atom stereocenters. The van der Waals surface area contributed by atoms with Crippen molar-refractivity contribution >= 4 is 22.4 Å². The van der Waals surface area contributed by atoms with Crippen molar-refractivity contribution in [3.8, 4) is 0 Å². The number of benzene rings is 1. The van der Waals surface area contributed by atoms with Gasteiger partial charge in [0.2, 0.25) is 0 Å². The van der Waals surface area contributed by atoms with Crippen molar-refractivity contribution in [1.29, 1.82) is 0 Å². The number of hydrogen-bond acceptors (Lipinski definition) is 8. The van der Waals surface area contributed by atoms with Crippen LogP contribution >= 0.6 is 0 Å². The molecule has 74 valence electrons. The monoisotopic (exact) mass is 210 g/mol. The average Bonchev–Trinajstić information content (AvgIpc) is 2.98. The lowest BCUT2D eigenvalue weighted by atomic mass is 10.2. The van der Waals surface area contributed by atoms with Gasteiger partial charge in [-0.25, -0.2) is 0 Å². The molecule has 0 spiro atoms. The van der Waals surface area contributed by atoms with Gasteiger partial charge in [-0.3, -0.25) is 9.97 Å². The lowest BCUT2D eigenvalue weighted by Gasteiger charge is -1.97. The number of nitrogens with zero attached hydrogens (tertiary/aromatic N) is 8. The SMILES string of the molecule is c1cnc2c3c(c4c(c2n1)=NN=N4)N=NN=3. The minimum Gasteiger partial charge on any atom is -0.250 e. The predicted octanol–water partition coefficient (Wildman–Crippen LogP) is 0.894. The quantitative estimate of drug-likeness (QED) is 0.644. The fraction of sp³-hybridized carbons (Fsp3) is 0. The number of rotatable bonds is 0. The van der Waals surface area contributed by atoms with Crippen LogP contribution in [0.4, 0.5) is 11.4 Å². The van der Waals surface area contributed by atoms with E-state index in [0.717, 1.165) is 0 Å². The van der Waals surface area contributed by atoms with E-state index in [1.54, 1.807) is 12.4 Å². The fourth-order valence-electron chi connectivity index (χ4n) is 1.74. The highest BCUT2D eigenvalue weighted by Crippen LogP contribution is 2.27. The van der Waals surface area contributed by atoms with Crippen molar-refractivity contribution in [2.75, 3.05) is 0 Å². The molecule has 8 heteroatoms. The van der Waals surface area contributed by atoms with Gasteiger partial charge < -0.3 is 0 Å². The van der Waals surface area contributed by atoms with Gasteiger partial charge in [-0.1, -0.05) is 0 Å². The van der Waals surface area contributed by atoms with Crippen LogP contribution in [0.15, 0.2) is 43.3 Å². The molecule has 4 rings (SSSR count). The molecule has 0 bridgehead atoms. The van der Waals surface area contributed by atoms with Crippen LogP contribution in [-0.2, 0) is 0 Å². The molecule has 0 unspecified atom stereocenters. The molecule has 2 aromatic rings. The zero-order valence-corrected chi connectivity index (χ0v) is 7.73. The Hall–Kier alpha value is -2.64. The zero-order valence-electron chi connectivity index (χ0n) is 7.73. The van der Waals surface area contributed by atoms with Crippen molar-refractivity contribution in [3.63, 3.8) is 0 Å². The highest BCUT2D eigenvalue weighted by atomic mass is 15.4. The van der Waals surface area contributed by atoms with Gasteiger partial charge in [0.05, 0.1) is 0 Å². The maximum Gasteiger partial charge on any atom is 0.147 e. The Morgan fingerprint density at radius 3 is 1.69 bits per heavy atom. The van der Waals surface area contributed by atoms with Crippen LogP contribution < -0.4 is 10.7 Å². The summed E-state index contributed by atoms with van der Waals surface area (Å²) in [5, 5.41) is 24.0. The van der Waals surface area contributed by atoms with Crippen molar-refractivity contribution in [3.05, 3.63) is 23.1 Å². The van der Waals surface area contributed by atoms with Crippen LogP contribution in [-0.4, -0.2) is 9.97 Å². The summed E-state index contributed by atoms with van der Waals surface area (Å²) < 4.78 is 0. The minimum absolute atomic E-state index is 0.563. The van der Waals surface area contributed by atoms with Gasteiger partial charge in [0.15, 0.2) is 0 Å². The van der Waals surface area contributed by atoms with E-state index in [0.29, 0.717) is 33.1 Å². The second-order valence-corrected chi connectivity index (χ2v) is 3.23. The molecule has 2 aliphatic rings. The summed E-state index contributed by atoms with van der Waals surface area (Å²) in [6.45, 7) is 0.